The molecular formula is C19H21ClN4O. The number of amides is 1. The topological polar surface area (TPSA) is 59.8 Å². The van der Waals surface area contributed by atoms with Crippen LogP contribution in [-0.4, -0.2) is 20.7 Å². The number of nitrogens with zero attached hydrogens (tertiary/aromatic N) is 3. The fourth-order valence-corrected chi connectivity index (χ4v) is 3.19. The van der Waals surface area contributed by atoms with Crippen LogP contribution in [0.4, 0.5) is 0 Å². The van der Waals surface area contributed by atoms with Gasteiger partial charge in [-0.2, -0.15) is 5.10 Å². The van der Waals surface area contributed by atoms with Crippen LogP contribution >= 0.6 is 11.6 Å². The van der Waals surface area contributed by atoms with Crippen molar-refractivity contribution in [3.05, 3.63) is 58.4 Å². The molecule has 0 saturated heterocycles. The molecule has 0 unspecified atom stereocenters. The molecule has 3 aromatic rings. The van der Waals surface area contributed by atoms with E-state index in [1.54, 1.807) is 12.3 Å². The second-order valence-corrected chi connectivity index (χ2v) is 6.86. The molecule has 6 heteroatoms. The van der Waals surface area contributed by atoms with Crippen LogP contribution in [-0.2, 0) is 0 Å². The van der Waals surface area contributed by atoms with E-state index >= 15 is 0 Å². The Hall–Kier alpha value is -2.40. The summed E-state index contributed by atoms with van der Waals surface area (Å²) < 4.78 is 1.83. The van der Waals surface area contributed by atoms with Gasteiger partial charge < -0.3 is 5.32 Å². The lowest BCUT2D eigenvalue weighted by molar-refractivity contribution is 0.0941. The van der Waals surface area contributed by atoms with E-state index in [4.69, 9.17) is 11.6 Å². The molecule has 0 saturated carbocycles. The average molecular weight is 357 g/mol. The molecule has 2 heterocycles. The molecule has 5 nitrogen and oxygen atoms in total. The number of nitrogens with one attached hydrogen (secondary N) is 1. The van der Waals surface area contributed by atoms with Crippen LogP contribution in [0.5, 0.6) is 0 Å². The number of rotatable bonds is 4. The van der Waals surface area contributed by atoms with Crippen LogP contribution in [0.15, 0.2) is 36.5 Å². The van der Waals surface area contributed by atoms with E-state index in [1.807, 2.05) is 56.6 Å². The Balaban J connectivity index is 1.96. The van der Waals surface area contributed by atoms with E-state index < -0.39 is 0 Å². The summed E-state index contributed by atoms with van der Waals surface area (Å²) in [5, 5.41) is 8.80. The number of carbonyl (C=O) groups is 1. The molecule has 3 rings (SSSR count). The number of hydrogen-bond acceptors (Lipinski definition) is 3. The molecule has 0 bridgehead atoms. The Morgan fingerprint density at radius 2 is 1.96 bits per heavy atom. The summed E-state index contributed by atoms with van der Waals surface area (Å²) >= 11 is 6.23. The maximum atomic E-state index is 12.9. The zero-order valence-corrected chi connectivity index (χ0v) is 15.5. The molecule has 0 radical (unpaired) electrons. The fraction of sp³-hybridized carbons (Fsp3) is 0.316. The standard InChI is InChI=1S/C19H21ClN4O/c1-11(2)24-18-16(10-21-24)15(9-12(3)22-18)19(25)23-13(4)14-7-5-6-8-17(14)20/h5-11,13H,1-4H3,(H,23,25)/t13-/m0/s1. The highest BCUT2D eigenvalue weighted by Gasteiger charge is 2.19. The van der Waals surface area contributed by atoms with Gasteiger partial charge in [0.15, 0.2) is 5.65 Å². The highest BCUT2D eigenvalue weighted by Crippen LogP contribution is 2.24. The van der Waals surface area contributed by atoms with Gasteiger partial charge in [0, 0.05) is 16.8 Å². The lowest BCUT2D eigenvalue weighted by atomic mass is 10.1. The summed E-state index contributed by atoms with van der Waals surface area (Å²) in [6.45, 7) is 7.87. The number of pyridine rings is 1. The van der Waals surface area contributed by atoms with Crippen LogP contribution in [0, 0.1) is 6.92 Å². The summed E-state index contributed by atoms with van der Waals surface area (Å²) in [6.07, 6.45) is 1.71. The van der Waals surface area contributed by atoms with E-state index in [2.05, 4.69) is 15.4 Å². The van der Waals surface area contributed by atoms with Crippen LogP contribution in [0.3, 0.4) is 0 Å². The van der Waals surface area contributed by atoms with Gasteiger partial charge in [0.05, 0.1) is 23.2 Å². The Bertz CT molecular complexity index is 932. The van der Waals surface area contributed by atoms with Gasteiger partial charge in [-0.25, -0.2) is 9.67 Å². The first-order chi connectivity index (χ1) is 11.9. The number of fused-ring (bicyclic) bond motifs is 1. The molecule has 130 valence electrons. The maximum Gasteiger partial charge on any atom is 0.252 e. The Labute approximate surface area is 152 Å². The summed E-state index contributed by atoms with van der Waals surface area (Å²) in [7, 11) is 0. The number of aryl methyl sites for hydroxylation is 1. The van der Waals surface area contributed by atoms with Gasteiger partial charge in [0.2, 0.25) is 0 Å². The molecule has 0 aliphatic carbocycles. The molecule has 1 N–H and O–H groups in total. The molecule has 2 aromatic heterocycles. The van der Waals surface area contributed by atoms with Gasteiger partial charge in [0.25, 0.3) is 5.91 Å². The van der Waals surface area contributed by atoms with E-state index in [1.165, 1.54) is 0 Å². The third kappa shape index (κ3) is 3.37. The van der Waals surface area contributed by atoms with Crippen molar-refractivity contribution in [3.63, 3.8) is 0 Å². The summed E-state index contributed by atoms with van der Waals surface area (Å²) in [5.74, 6) is -0.161. The zero-order valence-electron chi connectivity index (χ0n) is 14.7. The Kier molecular flexibility index (Phi) is 4.77. The van der Waals surface area contributed by atoms with Gasteiger partial charge in [-0.3, -0.25) is 4.79 Å². The van der Waals surface area contributed by atoms with Crippen molar-refractivity contribution in [2.24, 2.45) is 0 Å². The normalized spacial score (nSPS) is 12.6. The number of halogens is 1. The second-order valence-electron chi connectivity index (χ2n) is 6.45. The smallest absolute Gasteiger partial charge is 0.252 e. The number of benzene rings is 1. The van der Waals surface area contributed by atoms with Crippen molar-refractivity contribution in [2.75, 3.05) is 0 Å². The van der Waals surface area contributed by atoms with E-state index in [9.17, 15) is 4.79 Å². The van der Waals surface area contributed by atoms with E-state index in [0.29, 0.717) is 10.6 Å². The van der Waals surface area contributed by atoms with Crippen molar-refractivity contribution < 1.29 is 4.79 Å². The van der Waals surface area contributed by atoms with E-state index in [0.717, 1.165) is 22.3 Å². The minimum atomic E-state index is -0.204. The highest BCUT2D eigenvalue weighted by atomic mass is 35.5. The highest BCUT2D eigenvalue weighted by molar-refractivity contribution is 6.31. The molecule has 0 aliphatic rings. The minimum Gasteiger partial charge on any atom is -0.345 e. The van der Waals surface area contributed by atoms with Crippen LogP contribution < -0.4 is 5.32 Å². The first-order valence-electron chi connectivity index (χ1n) is 8.28. The molecule has 1 aromatic carbocycles. The van der Waals surface area contributed by atoms with Crippen molar-refractivity contribution in [1.29, 1.82) is 0 Å². The molecular weight excluding hydrogens is 336 g/mol. The molecule has 1 amide bonds. The quantitative estimate of drug-likeness (QED) is 0.750. The van der Waals surface area contributed by atoms with Crippen LogP contribution in [0.2, 0.25) is 5.02 Å². The van der Waals surface area contributed by atoms with Gasteiger partial charge >= 0.3 is 0 Å². The number of aromatic nitrogens is 3. The first-order valence-corrected chi connectivity index (χ1v) is 8.66. The monoisotopic (exact) mass is 356 g/mol. The SMILES string of the molecule is Cc1cc(C(=O)N[C@@H](C)c2ccccc2Cl)c2cnn(C(C)C)c2n1. The Morgan fingerprint density at radius 3 is 2.64 bits per heavy atom. The van der Waals surface area contributed by atoms with Crippen molar-refractivity contribution in [1.82, 2.24) is 20.1 Å². The summed E-state index contributed by atoms with van der Waals surface area (Å²) in [5.41, 5.74) is 2.97. The first kappa shape index (κ1) is 17.4. The van der Waals surface area contributed by atoms with Crippen molar-refractivity contribution >= 4 is 28.5 Å². The second kappa shape index (κ2) is 6.84. The Morgan fingerprint density at radius 1 is 1.24 bits per heavy atom. The summed E-state index contributed by atoms with van der Waals surface area (Å²) in [4.78, 5) is 17.4. The average Bonchev–Trinajstić information content (AvgIpc) is 2.98. The molecule has 1 atom stereocenters. The largest absolute Gasteiger partial charge is 0.345 e. The lowest BCUT2D eigenvalue weighted by Crippen LogP contribution is -2.27. The van der Waals surface area contributed by atoms with Gasteiger partial charge in [-0.1, -0.05) is 29.8 Å². The minimum absolute atomic E-state index is 0.161. The molecule has 0 spiro atoms. The van der Waals surface area contributed by atoms with Crippen LogP contribution in [0.1, 0.15) is 54.5 Å². The predicted octanol–water partition coefficient (Wildman–Crippen LogP) is 4.47. The number of carbonyl (C=O) groups excluding carboxylic acids is 1. The number of hydrogen-bond donors (Lipinski definition) is 1. The zero-order chi connectivity index (χ0) is 18.1. The summed E-state index contributed by atoms with van der Waals surface area (Å²) in [6, 6.07) is 9.28. The third-order valence-corrected chi connectivity index (χ3v) is 4.49. The van der Waals surface area contributed by atoms with Crippen molar-refractivity contribution in [3.8, 4) is 0 Å². The molecule has 25 heavy (non-hydrogen) atoms. The van der Waals surface area contributed by atoms with Gasteiger partial charge in [-0.05, 0) is 45.4 Å². The predicted molar refractivity (Wildman–Crippen MR) is 100.0 cm³/mol. The fourth-order valence-electron chi connectivity index (χ4n) is 2.89. The molecule has 0 fully saturated rings. The third-order valence-electron chi connectivity index (χ3n) is 4.15. The lowest BCUT2D eigenvalue weighted by Gasteiger charge is -2.16. The molecule has 0 aliphatic heterocycles. The van der Waals surface area contributed by atoms with Gasteiger partial charge in [0.1, 0.15) is 0 Å². The van der Waals surface area contributed by atoms with Crippen molar-refractivity contribution in [2.45, 2.75) is 39.8 Å². The van der Waals surface area contributed by atoms with Gasteiger partial charge in [-0.15, -0.1) is 0 Å². The maximum absolute atomic E-state index is 12.9. The van der Waals surface area contributed by atoms with E-state index in [-0.39, 0.29) is 18.0 Å². The van der Waals surface area contributed by atoms with Crippen LogP contribution in [0.25, 0.3) is 11.0 Å².